The highest BCUT2D eigenvalue weighted by Gasteiger charge is 2.23. The van der Waals surface area contributed by atoms with Crippen molar-refractivity contribution < 1.29 is 9.84 Å². The first-order valence-electron chi connectivity index (χ1n) is 7.88. The normalized spacial score (nSPS) is 17.2. The van der Waals surface area contributed by atoms with Gasteiger partial charge in [0.2, 0.25) is 0 Å². The van der Waals surface area contributed by atoms with Crippen LogP contribution in [0.1, 0.15) is 31.4 Å². The number of hydrogen-bond acceptors (Lipinski definition) is 4. The first-order chi connectivity index (χ1) is 10.7. The average molecular weight is 369 g/mol. The van der Waals surface area contributed by atoms with Crippen LogP contribution in [-0.2, 0) is 0 Å². The zero-order valence-corrected chi connectivity index (χ0v) is 14.7. The van der Waals surface area contributed by atoms with Gasteiger partial charge in [0.15, 0.2) is 11.5 Å². The van der Waals surface area contributed by atoms with E-state index in [0.29, 0.717) is 22.9 Å². The summed E-state index contributed by atoms with van der Waals surface area (Å²) in [5.74, 6) is 0.721. The molecule has 2 rings (SSSR count). The zero-order chi connectivity index (χ0) is 15.9. The lowest BCUT2D eigenvalue weighted by atomic mass is 9.99. The molecule has 22 heavy (non-hydrogen) atoms. The number of piperazine rings is 1. The summed E-state index contributed by atoms with van der Waals surface area (Å²) >= 11 is 3.45. The first-order valence-corrected chi connectivity index (χ1v) is 8.67. The van der Waals surface area contributed by atoms with E-state index in [0.717, 1.165) is 39.0 Å². The number of ether oxygens (including phenoxy) is 1. The molecule has 1 saturated heterocycles. The Morgan fingerprint density at radius 2 is 2.18 bits per heavy atom. The van der Waals surface area contributed by atoms with Gasteiger partial charge in [-0.3, -0.25) is 4.90 Å². The molecule has 0 aliphatic carbocycles. The van der Waals surface area contributed by atoms with Crippen LogP contribution in [0.15, 0.2) is 29.3 Å². The van der Waals surface area contributed by atoms with E-state index in [1.54, 1.807) is 0 Å². The van der Waals surface area contributed by atoms with Crippen LogP contribution in [-0.4, -0.2) is 42.8 Å². The lowest BCUT2D eigenvalue weighted by Crippen LogP contribution is -2.45. The molecule has 122 valence electrons. The maximum absolute atomic E-state index is 10.1. The molecule has 1 fully saturated rings. The molecule has 1 atom stereocenters. The number of hydrogen-bond donors (Lipinski definition) is 2. The lowest BCUT2D eigenvalue weighted by Gasteiger charge is -2.35. The molecule has 1 heterocycles. The van der Waals surface area contributed by atoms with Crippen LogP contribution in [0.4, 0.5) is 0 Å². The predicted octanol–water partition coefficient (Wildman–Crippen LogP) is 3.47. The van der Waals surface area contributed by atoms with Crippen LogP contribution in [0.25, 0.3) is 0 Å². The minimum Gasteiger partial charge on any atom is -0.503 e. The molecule has 0 unspecified atom stereocenters. The van der Waals surface area contributed by atoms with Gasteiger partial charge in [-0.2, -0.15) is 0 Å². The number of aromatic hydroxyl groups is 1. The highest BCUT2D eigenvalue weighted by molar-refractivity contribution is 9.10. The second-order valence-electron chi connectivity index (χ2n) is 5.45. The quantitative estimate of drug-likeness (QED) is 0.723. The van der Waals surface area contributed by atoms with Gasteiger partial charge in [0.1, 0.15) is 0 Å². The molecule has 1 aromatic rings. The molecule has 0 bridgehead atoms. The molecule has 0 radical (unpaired) electrons. The number of halogens is 1. The maximum atomic E-state index is 10.1. The van der Waals surface area contributed by atoms with E-state index in [1.807, 2.05) is 25.1 Å². The molecule has 0 spiro atoms. The second-order valence-corrected chi connectivity index (χ2v) is 6.30. The molecule has 5 heteroatoms. The Hall–Kier alpha value is -1.04. The fraction of sp³-hybridized carbons (Fsp3) is 0.529. The zero-order valence-electron chi connectivity index (χ0n) is 13.1. The van der Waals surface area contributed by atoms with Gasteiger partial charge in [-0.1, -0.05) is 6.08 Å². The molecule has 1 aromatic carbocycles. The Morgan fingerprint density at radius 3 is 2.82 bits per heavy atom. The molecule has 4 nitrogen and oxygen atoms in total. The van der Waals surface area contributed by atoms with E-state index >= 15 is 0 Å². The largest absolute Gasteiger partial charge is 0.503 e. The highest BCUT2D eigenvalue weighted by Crippen LogP contribution is 2.39. The number of phenols is 1. The molecule has 0 aromatic heterocycles. The number of allylic oxidation sites excluding steroid dienone is 1. The first kappa shape index (κ1) is 17.3. The predicted molar refractivity (Wildman–Crippen MR) is 93.6 cm³/mol. The van der Waals surface area contributed by atoms with E-state index in [9.17, 15) is 5.11 Å². The van der Waals surface area contributed by atoms with E-state index in [-0.39, 0.29) is 5.75 Å². The number of phenolic OH excluding ortho intramolecular Hbond substituents is 1. The van der Waals surface area contributed by atoms with Crippen LogP contribution in [0, 0.1) is 0 Å². The number of nitrogens with one attached hydrogen (secondary N) is 1. The average Bonchev–Trinajstić information content (AvgIpc) is 2.53. The van der Waals surface area contributed by atoms with Gasteiger partial charge < -0.3 is 15.2 Å². The molecule has 0 saturated carbocycles. The van der Waals surface area contributed by atoms with Gasteiger partial charge in [-0.15, -0.1) is 6.58 Å². The Morgan fingerprint density at radius 1 is 1.45 bits per heavy atom. The van der Waals surface area contributed by atoms with Crippen LogP contribution in [0.3, 0.4) is 0 Å². The number of benzene rings is 1. The summed E-state index contributed by atoms with van der Waals surface area (Å²) in [4.78, 5) is 2.49. The lowest BCUT2D eigenvalue weighted by molar-refractivity contribution is 0.165. The third-order valence-electron chi connectivity index (χ3n) is 3.97. The third kappa shape index (κ3) is 4.24. The summed E-state index contributed by atoms with van der Waals surface area (Å²) in [5, 5.41) is 13.5. The Kier molecular flexibility index (Phi) is 6.73. The Labute approximate surface area is 141 Å². The number of nitrogens with zero attached hydrogens (tertiary/aromatic N) is 1. The van der Waals surface area contributed by atoms with Crippen LogP contribution >= 0.6 is 15.9 Å². The summed E-state index contributed by atoms with van der Waals surface area (Å²) in [7, 11) is 0. The van der Waals surface area contributed by atoms with Gasteiger partial charge in [0.05, 0.1) is 11.1 Å². The van der Waals surface area contributed by atoms with Gasteiger partial charge in [-0.05, 0) is 53.4 Å². The van der Waals surface area contributed by atoms with Crippen molar-refractivity contribution in [1.29, 1.82) is 0 Å². The molecular weight excluding hydrogens is 344 g/mol. The fourth-order valence-electron chi connectivity index (χ4n) is 2.88. The van der Waals surface area contributed by atoms with Gasteiger partial charge >= 0.3 is 0 Å². The fourth-order valence-corrected chi connectivity index (χ4v) is 3.34. The monoisotopic (exact) mass is 368 g/mol. The van der Waals surface area contributed by atoms with Gasteiger partial charge in [-0.25, -0.2) is 0 Å². The van der Waals surface area contributed by atoms with Crippen molar-refractivity contribution in [3.63, 3.8) is 0 Å². The summed E-state index contributed by atoms with van der Waals surface area (Å²) in [5.41, 5.74) is 1.18. The minimum absolute atomic E-state index is 0.174. The van der Waals surface area contributed by atoms with E-state index in [2.05, 4.69) is 32.7 Å². The van der Waals surface area contributed by atoms with Crippen molar-refractivity contribution in [2.75, 3.05) is 32.8 Å². The molecule has 2 N–H and O–H groups in total. The SMILES string of the molecule is C=CCC[C@H](c1cc(Br)c(O)c(OCC)c1)N1CCNCC1. The van der Waals surface area contributed by atoms with Crippen LogP contribution in [0.5, 0.6) is 11.5 Å². The second kappa shape index (κ2) is 8.56. The Bertz CT molecular complexity index is 502. The summed E-state index contributed by atoms with van der Waals surface area (Å²) < 4.78 is 6.26. The molecule has 1 aliphatic heterocycles. The summed E-state index contributed by atoms with van der Waals surface area (Å²) in [6.45, 7) is 10.4. The van der Waals surface area contributed by atoms with Crippen molar-refractivity contribution >= 4 is 15.9 Å². The van der Waals surface area contributed by atoms with E-state index in [1.165, 1.54) is 5.56 Å². The molecule has 0 amide bonds. The smallest absolute Gasteiger partial charge is 0.172 e. The minimum atomic E-state index is 0.174. The van der Waals surface area contributed by atoms with Crippen molar-refractivity contribution in [2.45, 2.75) is 25.8 Å². The van der Waals surface area contributed by atoms with E-state index in [4.69, 9.17) is 4.74 Å². The van der Waals surface area contributed by atoms with Crippen molar-refractivity contribution in [3.8, 4) is 11.5 Å². The Balaban J connectivity index is 2.30. The summed E-state index contributed by atoms with van der Waals surface area (Å²) in [6.07, 6.45) is 3.96. The third-order valence-corrected chi connectivity index (χ3v) is 4.58. The van der Waals surface area contributed by atoms with Gasteiger partial charge in [0.25, 0.3) is 0 Å². The molecule has 1 aliphatic rings. The van der Waals surface area contributed by atoms with Crippen molar-refractivity contribution in [1.82, 2.24) is 10.2 Å². The van der Waals surface area contributed by atoms with Crippen LogP contribution < -0.4 is 10.1 Å². The summed E-state index contributed by atoms with van der Waals surface area (Å²) in [6, 6.07) is 4.30. The van der Waals surface area contributed by atoms with Crippen LogP contribution in [0.2, 0.25) is 0 Å². The van der Waals surface area contributed by atoms with Gasteiger partial charge in [0, 0.05) is 32.2 Å². The maximum Gasteiger partial charge on any atom is 0.172 e. The van der Waals surface area contributed by atoms with Crippen molar-refractivity contribution in [3.05, 3.63) is 34.8 Å². The standard InChI is InChI=1S/C17H25BrN2O2/c1-3-5-6-15(20-9-7-19-8-10-20)13-11-14(18)17(21)16(12-13)22-4-2/h3,11-12,15,19,21H,1,4-10H2,2H3/t15-/m1/s1. The number of rotatable bonds is 7. The van der Waals surface area contributed by atoms with Crippen molar-refractivity contribution in [2.24, 2.45) is 0 Å². The highest BCUT2D eigenvalue weighted by atomic mass is 79.9. The van der Waals surface area contributed by atoms with E-state index < -0.39 is 0 Å². The topological polar surface area (TPSA) is 44.7 Å². The molecular formula is C17H25BrN2O2.